The van der Waals surface area contributed by atoms with E-state index < -0.39 is 0 Å². The normalized spacial score (nSPS) is 10.4. The minimum absolute atomic E-state index is 0.278. The number of Topliss-reactive ketones (excluding diaryl/α,β-unsaturated/α-hetero) is 1. The van der Waals surface area contributed by atoms with Crippen LogP contribution in [0.4, 0.5) is 0 Å². The Kier molecular flexibility index (Phi) is 22.0. The Morgan fingerprint density at radius 3 is 1.64 bits per heavy atom. The quantitative estimate of drug-likeness (QED) is 0.526. The van der Waals surface area contributed by atoms with E-state index in [2.05, 4.69) is 59.7 Å². The number of carbonyl (C=O) groups excluding carboxylic acids is 1. The van der Waals surface area contributed by atoms with Gasteiger partial charge in [0.2, 0.25) is 0 Å². The van der Waals surface area contributed by atoms with Crippen LogP contribution >= 0.6 is 0 Å². The van der Waals surface area contributed by atoms with E-state index in [1.54, 1.807) is 0 Å². The first-order valence-corrected chi connectivity index (χ1v) is 10.3. The first kappa shape index (κ1) is 28.7. The Morgan fingerprint density at radius 2 is 1.40 bits per heavy atom. The van der Waals surface area contributed by atoms with E-state index in [1.807, 2.05) is 34.6 Å². The maximum absolute atomic E-state index is 10.7. The third-order valence-electron chi connectivity index (χ3n) is 4.21. The highest BCUT2D eigenvalue weighted by Crippen LogP contribution is 2.10. The number of aryl methyl sites for hydroxylation is 3. The van der Waals surface area contributed by atoms with E-state index in [4.69, 9.17) is 0 Å². The summed E-state index contributed by atoms with van der Waals surface area (Å²) in [5, 5.41) is 0. The molecule has 25 heavy (non-hydrogen) atoms. The molecule has 0 aliphatic rings. The molecule has 1 rings (SSSR count). The molecular weight excluding hydrogens is 304 g/mol. The van der Waals surface area contributed by atoms with Gasteiger partial charge in [0, 0.05) is 12.3 Å². The molecule has 1 nitrogen and oxygen atoms in total. The SMILES string of the molecule is CC.CCC(=O)C(C)CC.CCC(C)C.CCc1cc(C)ccc1C. The number of rotatable bonds is 5. The van der Waals surface area contributed by atoms with Crippen molar-refractivity contribution in [3.8, 4) is 0 Å². The van der Waals surface area contributed by atoms with Crippen molar-refractivity contribution >= 4 is 5.78 Å². The molecule has 1 heteroatoms. The van der Waals surface area contributed by atoms with Crippen molar-refractivity contribution in [3.05, 3.63) is 34.9 Å². The molecule has 0 spiro atoms. The molecule has 0 fully saturated rings. The Balaban J connectivity index is -0.000000291. The standard InChI is InChI=1S/C10H14.C7H14O.C5H12.C2H6/c1-4-10-7-8(2)5-6-9(10)3;1-4-6(3)7(8)5-2;1-4-5(2)3;1-2/h5-7H,4H2,1-3H3;6H,4-5H2,1-3H3;5H,4H2,1-3H3;1-2H3. The molecule has 0 radical (unpaired) electrons. The van der Waals surface area contributed by atoms with E-state index in [1.165, 1.54) is 23.1 Å². The summed E-state index contributed by atoms with van der Waals surface area (Å²) in [5.41, 5.74) is 4.25. The van der Waals surface area contributed by atoms with Crippen molar-refractivity contribution < 1.29 is 4.79 Å². The molecule has 0 aromatic heterocycles. The molecule has 0 aliphatic heterocycles. The summed E-state index contributed by atoms with van der Waals surface area (Å²) in [7, 11) is 0. The fourth-order valence-corrected chi connectivity index (χ4v) is 1.76. The first-order chi connectivity index (χ1) is 11.7. The van der Waals surface area contributed by atoms with Crippen molar-refractivity contribution in [2.75, 3.05) is 0 Å². The van der Waals surface area contributed by atoms with Crippen LogP contribution in [0.3, 0.4) is 0 Å². The highest BCUT2D eigenvalue weighted by molar-refractivity contribution is 5.80. The van der Waals surface area contributed by atoms with Gasteiger partial charge in [-0.2, -0.15) is 0 Å². The van der Waals surface area contributed by atoms with Gasteiger partial charge in [-0.1, -0.05) is 92.5 Å². The summed E-state index contributed by atoms with van der Waals surface area (Å²) in [4.78, 5) is 10.7. The van der Waals surface area contributed by atoms with E-state index in [0.717, 1.165) is 18.8 Å². The van der Waals surface area contributed by atoms with Crippen LogP contribution in [0.2, 0.25) is 0 Å². The molecule has 1 aromatic carbocycles. The molecule has 1 unspecified atom stereocenters. The lowest BCUT2D eigenvalue weighted by atomic mass is 10.0. The van der Waals surface area contributed by atoms with Crippen LogP contribution in [0.25, 0.3) is 0 Å². The lowest BCUT2D eigenvalue weighted by Crippen LogP contribution is -2.06. The first-order valence-electron chi connectivity index (χ1n) is 10.3. The Labute approximate surface area is 159 Å². The van der Waals surface area contributed by atoms with Crippen LogP contribution in [-0.2, 0) is 11.2 Å². The average molecular weight is 351 g/mol. The summed E-state index contributed by atoms with van der Waals surface area (Å²) in [6, 6.07) is 6.61. The maximum Gasteiger partial charge on any atom is 0.135 e. The fourth-order valence-electron chi connectivity index (χ4n) is 1.76. The van der Waals surface area contributed by atoms with Gasteiger partial charge in [-0.15, -0.1) is 0 Å². The largest absolute Gasteiger partial charge is 0.299 e. The Morgan fingerprint density at radius 1 is 0.920 bits per heavy atom. The lowest BCUT2D eigenvalue weighted by Gasteiger charge is -2.02. The molecule has 148 valence electrons. The zero-order chi connectivity index (χ0) is 20.4. The van der Waals surface area contributed by atoms with Crippen molar-refractivity contribution in [3.63, 3.8) is 0 Å². The van der Waals surface area contributed by atoms with Gasteiger partial charge in [0.05, 0.1) is 0 Å². The van der Waals surface area contributed by atoms with Crippen LogP contribution in [0.15, 0.2) is 18.2 Å². The molecule has 0 N–H and O–H groups in total. The number of ketones is 1. The van der Waals surface area contributed by atoms with E-state index >= 15 is 0 Å². The van der Waals surface area contributed by atoms with Crippen LogP contribution in [0.5, 0.6) is 0 Å². The third kappa shape index (κ3) is 17.5. The number of hydrogen-bond donors (Lipinski definition) is 0. The second-order valence-corrected chi connectivity index (χ2v) is 6.71. The molecule has 0 saturated carbocycles. The van der Waals surface area contributed by atoms with Crippen molar-refractivity contribution in [2.45, 2.75) is 102 Å². The van der Waals surface area contributed by atoms with E-state index in [0.29, 0.717) is 12.2 Å². The summed E-state index contributed by atoms with van der Waals surface area (Å²) in [6.07, 6.45) is 4.12. The highest BCUT2D eigenvalue weighted by atomic mass is 16.1. The minimum Gasteiger partial charge on any atom is -0.299 e. The van der Waals surface area contributed by atoms with Gasteiger partial charge >= 0.3 is 0 Å². The Hall–Kier alpha value is -1.11. The molecule has 1 atom stereocenters. The van der Waals surface area contributed by atoms with Crippen LogP contribution in [-0.4, -0.2) is 5.78 Å². The molecule has 0 bridgehead atoms. The zero-order valence-electron chi connectivity index (χ0n) is 19.1. The van der Waals surface area contributed by atoms with Crippen LogP contribution in [0, 0.1) is 25.7 Å². The second-order valence-electron chi connectivity index (χ2n) is 6.71. The molecule has 0 aliphatic carbocycles. The number of benzene rings is 1. The Bertz CT molecular complexity index is 418. The summed E-state index contributed by atoms with van der Waals surface area (Å²) < 4.78 is 0. The predicted octanol–water partition coefficient (Wildman–Crippen LogP) is 7.96. The zero-order valence-corrected chi connectivity index (χ0v) is 19.1. The van der Waals surface area contributed by atoms with Crippen molar-refractivity contribution in [1.29, 1.82) is 0 Å². The molecule has 1 aromatic rings. The average Bonchev–Trinajstić information content (AvgIpc) is 2.64. The monoisotopic (exact) mass is 350 g/mol. The van der Waals surface area contributed by atoms with Gasteiger partial charge in [-0.25, -0.2) is 0 Å². The van der Waals surface area contributed by atoms with E-state index in [9.17, 15) is 4.79 Å². The fraction of sp³-hybridized carbons (Fsp3) is 0.708. The van der Waals surface area contributed by atoms with Gasteiger partial charge in [0.25, 0.3) is 0 Å². The number of carbonyl (C=O) groups is 1. The summed E-state index contributed by atoms with van der Waals surface area (Å²) in [5.74, 6) is 1.54. The smallest absolute Gasteiger partial charge is 0.135 e. The van der Waals surface area contributed by atoms with Crippen LogP contribution in [0.1, 0.15) is 98.3 Å². The molecular formula is C24H46O. The van der Waals surface area contributed by atoms with Gasteiger partial charge in [0.15, 0.2) is 0 Å². The van der Waals surface area contributed by atoms with Crippen LogP contribution < -0.4 is 0 Å². The molecule has 0 amide bonds. The van der Waals surface area contributed by atoms with Crippen molar-refractivity contribution in [2.24, 2.45) is 11.8 Å². The van der Waals surface area contributed by atoms with Gasteiger partial charge < -0.3 is 0 Å². The topological polar surface area (TPSA) is 17.1 Å². The maximum atomic E-state index is 10.7. The lowest BCUT2D eigenvalue weighted by molar-refractivity contribution is -0.122. The summed E-state index contributed by atoms with van der Waals surface area (Å²) >= 11 is 0. The van der Waals surface area contributed by atoms with Gasteiger partial charge in [0.1, 0.15) is 5.78 Å². The third-order valence-corrected chi connectivity index (χ3v) is 4.21. The highest BCUT2D eigenvalue weighted by Gasteiger charge is 2.05. The second kappa shape index (κ2) is 19.2. The predicted molar refractivity (Wildman–Crippen MR) is 117 cm³/mol. The molecule has 0 saturated heterocycles. The summed E-state index contributed by atoms with van der Waals surface area (Å²) in [6.45, 7) is 23.1. The van der Waals surface area contributed by atoms with E-state index in [-0.39, 0.29) is 5.92 Å². The minimum atomic E-state index is 0.278. The number of hydrogen-bond acceptors (Lipinski definition) is 1. The van der Waals surface area contributed by atoms with Gasteiger partial charge in [-0.3, -0.25) is 4.79 Å². The van der Waals surface area contributed by atoms with Crippen molar-refractivity contribution in [1.82, 2.24) is 0 Å². The molecule has 0 heterocycles. The van der Waals surface area contributed by atoms with Gasteiger partial charge in [-0.05, 0) is 43.7 Å².